The van der Waals surface area contributed by atoms with Crippen LogP contribution in [0.1, 0.15) is 6.42 Å². The van der Waals surface area contributed by atoms with E-state index in [2.05, 4.69) is 5.92 Å². The first-order valence-electron chi connectivity index (χ1n) is 5.54. The molecule has 1 aliphatic rings. The number of terminal acetylenes is 1. The van der Waals surface area contributed by atoms with Crippen molar-refractivity contribution in [2.75, 3.05) is 24.7 Å². The van der Waals surface area contributed by atoms with Gasteiger partial charge in [0.15, 0.2) is 11.5 Å². The van der Waals surface area contributed by atoms with E-state index < -0.39 is 6.09 Å². The zero-order valence-electron chi connectivity index (χ0n) is 9.72. The lowest BCUT2D eigenvalue weighted by Crippen LogP contribution is -2.41. The topological polar surface area (TPSA) is 61.8 Å². The SMILES string of the molecule is C#CCN(C(=O)[O-])c1cccc2c1OCCCO2. The molecule has 0 aromatic heterocycles. The van der Waals surface area contributed by atoms with E-state index in [0.717, 1.165) is 11.3 Å². The van der Waals surface area contributed by atoms with E-state index in [9.17, 15) is 9.90 Å². The Bertz CT molecular complexity index is 492. The Morgan fingerprint density at radius 1 is 1.44 bits per heavy atom. The van der Waals surface area contributed by atoms with Crippen LogP contribution in [0, 0.1) is 12.3 Å². The van der Waals surface area contributed by atoms with E-state index in [1.165, 1.54) is 0 Å². The van der Waals surface area contributed by atoms with Crippen molar-refractivity contribution in [3.63, 3.8) is 0 Å². The van der Waals surface area contributed by atoms with E-state index >= 15 is 0 Å². The van der Waals surface area contributed by atoms with Crippen LogP contribution < -0.4 is 19.5 Å². The molecule has 1 aromatic rings. The normalized spacial score (nSPS) is 13.3. The average molecular weight is 246 g/mol. The molecule has 1 amide bonds. The van der Waals surface area contributed by atoms with Gasteiger partial charge in [0, 0.05) is 6.42 Å². The van der Waals surface area contributed by atoms with Gasteiger partial charge in [-0.2, -0.15) is 0 Å². The molecule has 1 aliphatic heterocycles. The van der Waals surface area contributed by atoms with Crippen LogP contribution in [-0.2, 0) is 0 Å². The number of ether oxygens (including phenoxy) is 2. The maximum atomic E-state index is 11.1. The minimum Gasteiger partial charge on any atom is -0.530 e. The van der Waals surface area contributed by atoms with Gasteiger partial charge in [-0.1, -0.05) is 12.0 Å². The smallest absolute Gasteiger partial charge is 0.184 e. The highest BCUT2D eigenvalue weighted by Gasteiger charge is 2.19. The number of carboxylic acid groups (broad SMARTS) is 1. The highest BCUT2D eigenvalue weighted by molar-refractivity contribution is 5.88. The molecule has 0 aliphatic carbocycles. The zero-order valence-corrected chi connectivity index (χ0v) is 9.72. The van der Waals surface area contributed by atoms with Crippen molar-refractivity contribution < 1.29 is 19.4 Å². The Hall–Kier alpha value is -2.35. The predicted molar refractivity (Wildman–Crippen MR) is 63.6 cm³/mol. The second-order valence-electron chi connectivity index (χ2n) is 3.71. The van der Waals surface area contributed by atoms with Gasteiger partial charge in [0.05, 0.1) is 25.4 Å². The molecule has 2 rings (SSSR count). The number of amides is 1. The summed E-state index contributed by atoms with van der Waals surface area (Å²) in [6, 6.07) is 5.03. The highest BCUT2D eigenvalue weighted by atomic mass is 16.5. The third-order valence-electron chi connectivity index (χ3n) is 2.51. The molecule has 0 saturated carbocycles. The summed E-state index contributed by atoms with van der Waals surface area (Å²) in [6.45, 7) is 0.917. The monoisotopic (exact) mass is 246 g/mol. The van der Waals surface area contributed by atoms with Gasteiger partial charge >= 0.3 is 0 Å². The van der Waals surface area contributed by atoms with Gasteiger partial charge in [-0.25, -0.2) is 0 Å². The molecule has 5 nitrogen and oxygen atoms in total. The summed E-state index contributed by atoms with van der Waals surface area (Å²) in [6.07, 6.45) is 4.53. The van der Waals surface area contributed by atoms with Gasteiger partial charge in [-0.05, 0) is 12.1 Å². The Labute approximate surface area is 105 Å². The maximum Gasteiger partial charge on any atom is 0.184 e. The lowest BCUT2D eigenvalue weighted by atomic mass is 10.2. The molecule has 18 heavy (non-hydrogen) atoms. The van der Waals surface area contributed by atoms with Crippen LogP contribution >= 0.6 is 0 Å². The largest absolute Gasteiger partial charge is 0.530 e. The van der Waals surface area contributed by atoms with Gasteiger partial charge in [0.1, 0.15) is 6.09 Å². The van der Waals surface area contributed by atoms with Crippen LogP contribution in [0.15, 0.2) is 18.2 Å². The molecule has 0 fully saturated rings. The van der Waals surface area contributed by atoms with Crippen molar-refractivity contribution in [2.24, 2.45) is 0 Å². The summed E-state index contributed by atoms with van der Waals surface area (Å²) >= 11 is 0. The summed E-state index contributed by atoms with van der Waals surface area (Å²) in [7, 11) is 0. The zero-order chi connectivity index (χ0) is 13.0. The third-order valence-corrected chi connectivity index (χ3v) is 2.51. The van der Waals surface area contributed by atoms with E-state index in [4.69, 9.17) is 15.9 Å². The molecule has 0 atom stereocenters. The first-order valence-corrected chi connectivity index (χ1v) is 5.54. The Kier molecular flexibility index (Phi) is 3.58. The molecule has 0 unspecified atom stereocenters. The van der Waals surface area contributed by atoms with Crippen LogP contribution in [0.2, 0.25) is 0 Å². The lowest BCUT2D eigenvalue weighted by Gasteiger charge is -2.25. The number of anilines is 1. The van der Waals surface area contributed by atoms with E-state index in [1.54, 1.807) is 18.2 Å². The molecule has 94 valence electrons. The van der Waals surface area contributed by atoms with Crippen LogP contribution in [0.5, 0.6) is 11.5 Å². The molecule has 0 N–H and O–H groups in total. The van der Waals surface area contributed by atoms with Crippen LogP contribution in [0.3, 0.4) is 0 Å². The average Bonchev–Trinajstić information content (AvgIpc) is 2.60. The third kappa shape index (κ3) is 2.33. The van der Waals surface area contributed by atoms with Gasteiger partial charge in [0.2, 0.25) is 0 Å². The minimum absolute atomic E-state index is 0.0951. The quantitative estimate of drug-likeness (QED) is 0.718. The number of benzene rings is 1. The number of carbonyl (C=O) groups is 1. The van der Waals surface area contributed by atoms with Crippen molar-refractivity contribution in [3.8, 4) is 23.8 Å². The summed E-state index contributed by atoms with van der Waals surface area (Å²) in [5, 5.41) is 11.1. The van der Waals surface area contributed by atoms with Crippen LogP contribution in [0.25, 0.3) is 0 Å². The summed E-state index contributed by atoms with van der Waals surface area (Å²) in [4.78, 5) is 12.0. The summed E-state index contributed by atoms with van der Waals surface area (Å²) in [5.41, 5.74) is 0.354. The predicted octanol–water partition coefficient (Wildman–Crippen LogP) is 0.631. The number of rotatable bonds is 2. The van der Waals surface area contributed by atoms with E-state index in [0.29, 0.717) is 30.4 Å². The number of carbonyl (C=O) groups excluding carboxylic acids is 1. The molecule has 5 heteroatoms. The summed E-state index contributed by atoms with van der Waals surface area (Å²) < 4.78 is 11.0. The highest BCUT2D eigenvalue weighted by Crippen LogP contribution is 2.38. The molecule has 1 aromatic carbocycles. The van der Waals surface area contributed by atoms with Gasteiger partial charge in [-0.15, -0.1) is 6.42 Å². The standard InChI is InChI=1S/C13H13NO4/c1-2-7-14(13(15)16)10-5-3-6-11-12(10)18-9-4-8-17-11/h1,3,5-6H,4,7-9H2,(H,15,16)/p-1. The Balaban J connectivity index is 2.43. The molecule has 0 saturated heterocycles. The minimum atomic E-state index is -1.37. The number of fused-ring (bicyclic) bond motifs is 1. The van der Waals surface area contributed by atoms with Crippen molar-refractivity contribution in [1.29, 1.82) is 0 Å². The number of hydrogen-bond acceptors (Lipinski definition) is 4. The first-order chi connectivity index (χ1) is 8.74. The fourth-order valence-electron chi connectivity index (χ4n) is 1.73. The molecule has 1 heterocycles. The maximum absolute atomic E-state index is 11.1. The van der Waals surface area contributed by atoms with E-state index in [1.807, 2.05) is 0 Å². The van der Waals surface area contributed by atoms with Crippen LogP contribution in [0.4, 0.5) is 10.5 Å². The second-order valence-corrected chi connectivity index (χ2v) is 3.71. The first kappa shape index (κ1) is 12.1. The fraction of sp³-hybridized carbons (Fsp3) is 0.308. The molecule has 0 spiro atoms. The molecule has 0 radical (unpaired) electrons. The van der Waals surface area contributed by atoms with Crippen molar-refractivity contribution in [2.45, 2.75) is 6.42 Å². The molecule has 0 bridgehead atoms. The van der Waals surface area contributed by atoms with E-state index in [-0.39, 0.29) is 6.54 Å². The number of nitrogens with zero attached hydrogens (tertiary/aromatic N) is 1. The number of hydrogen-bond donors (Lipinski definition) is 0. The Morgan fingerprint density at radius 3 is 2.94 bits per heavy atom. The molecular formula is C13H12NO4-. The molecular weight excluding hydrogens is 234 g/mol. The fourth-order valence-corrected chi connectivity index (χ4v) is 1.73. The lowest BCUT2D eigenvalue weighted by molar-refractivity contribution is -0.246. The summed E-state index contributed by atoms with van der Waals surface area (Å²) in [5.74, 6) is 3.20. The van der Waals surface area contributed by atoms with Crippen molar-refractivity contribution >= 4 is 11.8 Å². The van der Waals surface area contributed by atoms with Gasteiger partial charge in [-0.3, -0.25) is 0 Å². The Morgan fingerprint density at radius 2 is 2.22 bits per heavy atom. The number of para-hydroxylation sites is 1. The van der Waals surface area contributed by atoms with Gasteiger partial charge in [0.25, 0.3) is 0 Å². The van der Waals surface area contributed by atoms with Crippen LogP contribution in [-0.4, -0.2) is 25.9 Å². The van der Waals surface area contributed by atoms with Gasteiger partial charge < -0.3 is 24.3 Å². The second kappa shape index (κ2) is 5.32. The van der Waals surface area contributed by atoms with Crippen molar-refractivity contribution in [1.82, 2.24) is 0 Å². The van der Waals surface area contributed by atoms with Crippen molar-refractivity contribution in [3.05, 3.63) is 18.2 Å².